The van der Waals surface area contributed by atoms with Crippen molar-refractivity contribution >= 4 is 35.0 Å². The zero-order valence-electron chi connectivity index (χ0n) is 23.2. The number of carbonyl (C=O) groups excluding carboxylic acids is 2. The number of pyridine rings is 2. The second kappa shape index (κ2) is 13.1. The molecular weight excluding hydrogens is 518 g/mol. The van der Waals surface area contributed by atoms with Gasteiger partial charge in [-0.15, -0.1) is 0 Å². The molecule has 0 spiro atoms. The molecule has 0 radical (unpaired) electrons. The maximum absolute atomic E-state index is 13.1. The van der Waals surface area contributed by atoms with Crippen LogP contribution in [-0.2, 0) is 11.2 Å². The van der Waals surface area contributed by atoms with Crippen molar-refractivity contribution in [3.63, 3.8) is 0 Å². The summed E-state index contributed by atoms with van der Waals surface area (Å²) in [6, 6.07) is 15.1. The molecule has 41 heavy (non-hydrogen) atoms. The number of aliphatic imine (C=N–C) groups is 1. The summed E-state index contributed by atoms with van der Waals surface area (Å²) in [5.74, 6) is 1.18. The molecule has 2 aliphatic rings. The van der Waals surface area contributed by atoms with Gasteiger partial charge in [0.2, 0.25) is 0 Å². The van der Waals surface area contributed by atoms with Gasteiger partial charge in [-0.25, -0.2) is 9.78 Å². The maximum Gasteiger partial charge on any atom is 0.410 e. The van der Waals surface area contributed by atoms with E-state index in [1.807, 2.05) is 71.9 Å². The van der Waals surface area contributed by atoms with Crippen molar-refractivity contribution < 1.29 is 14.3 Å². The highest BCUT2D eigenvalue weighted by Crippen LogP contribution is 2.29. The highest BCUT2D eigenvalue weighted by Gasteiger charge is 2.27. The van der Waals surface area contributed by atoms with E-state index >= 15 is 0 Å². The van der Waals surface area contributed by atoms with Gasteiger partial charge >= 0.3 is 6.09 Å². The molecule has 2 amide bonds. The van der Waals surface area contributed by atoms with E-state index in [0.717, 1.165) is 42.8 Å². The molecule has 3 aromatic rings. The number of benzene rings is 1. The first-order valence-electron chi connectivity index (χ1n) is 14.0. The Hall–Kier alpha value is -4.73. The third kappa shape index (κ3) is 7.08. The molecule has 2 aliphatic heterocycles. The van der Waals surface area contributed by atoms with Gasteiger partial charge in [0.15, 0.2) is 11.8 Å². The van der Waals surface area contributed by atoms with Crippen LogP contribution in [0, 0.1) is 5.92 Å². The average Bonchev–Trinajstić information content (AvgIpc) is 3.46. The van der Waals surface area contributed by atoms with Crippen LogP contribution in [0.3, 0.4) is 0 Å². The lowest BCUT2D eigenvalue weighted by Gasteiger charge is -2.26. The lowest BCUT2D eigenvalue weighted by Crippen LogP contribution is -2.35. The third-order valence-corrected chi connectivity index (χ3v) is 7.35. The third-order valence-electron chi connectivity index (χ3n) is 7.35. The smallest absolute Gasteiger partial charge is 0.410 e. The monoisotopic (exact) mass is 553 g/mol. The Kier molecular flexibility index (Phi) is 8.88. The van der Waals surface area contributed by atoms with Gasteiger partial charge in [0, 0.05) is 61.6 Å². The zero-order valence-corrected chi connectivity index (χ0v) is 23.2. The Morgan fingerprint density at radius 2 is 1.88 bits per heavy atom. The Morgan fingerprint density at radius 3 is 2.61 bits per heavy atom. The highest BCUT2D eigenvalue weighted by atomic mass is 16.6. The molecule has 4 heterocycles. The molecule has 1 aromatic carbocycles. The lowest BCUT2D eigenvalue weighted by atomic mass is 10.00. The van der Waals surface area contributed by atoms with Crippen LogP contribution in [0.15, 0.2) is 78.2 Å². The standard InChI is InChI=1S/C31H35N7O3/c1-2-41-31(40)37-18-12-24(13-19-37)27-4-3-14-34-28(27)36-30(32)35-26-7-5-25(6-8-26)29(39)38-17-11-23(21-38)20-22-9-15-33-16-10-22/h3-10,12,14-16,23H,2,11,13,17-21H2,1H3,(H3,32,34,35,36). The van der Waals surface area contributed by atoms with Crippen LogP contribution in [0.4, 0.5) is 16.3 Å². The molecule has 1 saturated heterocycles. The molecule has 0 aliphatic carbocycles. The summed E-state index contributed by atoms with van der Waals surface area (Å²) >= 11 is 0. The van der Waals surface area contributed by atoms with E-state index in [-0.39, 0.29) is 18.0 Å². The first kappa shape index (κ1) is 27.8. The van der Waals surface area contributed by atoms with E-state index in [4.69, 9.17) is 10.5 Å². The number of ether oxygens (including phenoxy) is 1. The van der Waals surface area contributed by atoms with Crippen LogP contribution < -0.4 is 11.1 Å². The van der Waals surface area contributed by atoms with Gasteiger partial charge < -0.3 is 25.6 Å². The van der Waals surface area contributed by atoms with Crippen LogP contribution in [0.25, 0.3) is 5.57 Å². The number of rotatable bonds is 7. The van der Waals surface area contributed by atoms with E-state index in [0.29, 0.717) is 43.4 Å². The number of anilines is 1. The van der Waals surface area contributed by atoms with E-state index in [1.165, 1.54) is 5.56 Å². The molecule has 0 bridgehead atoms. The topological polar surface area (TPSA) is 126 Å². The minimum atomic E-state index is -0.306. The predicted molar refractivity (Wildman–Crippen MR) is 159 cm³/mol. The molecule has 1 fully saturated rings. The minimum absolute atomic E-state index is 0.0378. The van der Waals surface area contributed by atoms with Crippen LogP contribution in [-0.4, -0.2) is 70.5 Å². The maximum atomic E-state index is 13.1. The Labute approximate surface area is 239 Å². The number of hydrogen-bond acceptors (Lipinski definition) is 6. The number of guanidine groups is 1. The molecule has 10 heteroatoms. The number of carbonyl (C=O) groups is 2. The van der Waals surface area contributed by atoms with Crippen molar-refractivity contribution in [2.24, 2.45) is 16.6 Å². The Balaban J connectivity index is 1.19. The van der Waals surface area contributed by atoms with E-state index < -0.39 is 0 Å². The molecule has 10 nitrogen and oxygen atoms in total. The molecule has 5 rings (SSSR count). The van der Waals surface area contributed by atoms with Crippen LogP contribution >= 0.6 is 0 Å². The van der Waals surface area contributed by atoms with Crippen LogP contribution in [0.1, 0.15) is 41.3 Å². The predicted octanol–water partition coefficient (Wildman–Crippen LogP) is 4.49. The fourth-order valence-corrected chi connectivity index (χ4v) is 5.24. The van der Waals surface area contributed by atoms with Gasteiger partial charge in [0.1, 0.15) is 0 Å². The number of nitrogens with zero attached hydrogens (tertiary/aromatic N) is 5. The molecule has 212 valence electrons. The molecule has 3 N–H and O–H groups in total. The van der Waals surface area contributed by atoms with Crippen molar-refractivity contribution in [2.45, 2.75) is 26.2 Å². The number of nitrogens with one attached hydrogen (secondary N) is 1. The lowest BCUT2D eigenvalue weighted by molar-refractivity contribution is 0.0787. The summed E-state index contributed by atoms with van der Waals surface area (Å²) in [4.78, 5) is 41.7. The number of amides is 2. The molecule has 1 unspecified atom stereocenters. The number of likely N-dealkylation sites (tertiary alicyclic amines) is 1. The minimum Gasteiger partial charge on any atom is -0.450 e. The molecular formula is C31H35N7O3. The summed E-state index contributed by atoms with van der Waals surface area (Å²) < 4.78 is 5.10. The van der Waals surface area contributed by atoms with Gasteiger partial charge in [0.05, 0.1) is 6.61 Å². The fraction of sp³-hybridized carbons (Fsp3) is 0.323. The first-order chi connectivity index (χ1) is 20.0. The van der Waals surface area contributed by atoms with Gasteiger partial charge in [-0.1, -0.05) is 6.08 Å². The number of nitrogens with two attached hydrogens (primary N) is 1. The van der Waals surface area contributed by atoms with Gasteiger partial charge in [-0.2, -0.15) is 4.99 Å². The first-order valence-corrected chi connectivity index (χ1v) is 14.0. The highest BCUT2D eigenvalue weighted by molar-refractivity contribution is 5.97. The number of hydrogen-bond donors (Lipinski definition) is 2. The second-order valence-electron chi connectivity index (χ2n) is 10.2. The Bertz CT molecular complexity index is 1420. The van der Waals surface area contributed by atoms with Crippen molar-refractivity contribution in [3.05, 3.63) is 89.9 Å². The summed E-state index contributed by atoms with van der Waals surface area (Å²) in [5.41, 5.74) is 10.8. The molecule has 2 aromatic heterocycles. The Morgan fingerprint density at radius 1 is 1.07 bits per heavy atom. The van der Waals surface area contributed by atoms with Crippen LogP contribution in [0.5, 0.6) is 0 Å². The van der Waals surface area contributed by atoms with Gasteiger partial charge in [-0.05, 0) is 91.8 Å². The quantitative estimate of drug-likeness (QED) is 0.326. The zero-order chi connectivity index (χ0) is 28.6. The SMILES string of the molecule is CCOC(=O)N1CC=C(c2cccnc2N=C(N)Nc2ccc(C(=O)N3CCC(Cc4ccncc4)C3)cc2)CC1. The summed E-state index contributed by atoms with van der Waals surface area (Å²) in [6.45, 7) is 4.69. The van der Waals surface area contributed by atoms with E-state index in [9.17, 15) is 9.59 Å². The normalized spacial score (nSPS) is 17.2. The summed E-state index contributed by atoms with van der Waals surface area (Å²) in [5, 5.41) is 3.10. The second-order valence-corrected chi connectivity index (χ2v) is 10.2. The largest absolute Gasteiger partial charge is 0.450 e. The van der Waals surface area contributed by atoms with Crippen LogP contribution in [0.2, 0.25) is 0 Å². The number of aromatic nitrogens is 2. The summed E-state index contributed by atoms with van der Waals surface area (Å²) in [7, 11) is 0. The van der Waals surface area contributed by atoms with Gasteiger partial charge in [-0.3, -0.25) is 9.78 Å². The van der Waals surface area contributed by atoms with Crippen molar-refractivity contribution in [2.75, 3.05) is 38.1 Å². The molecule has 1 atom stereocenters. The van der Waals surface area contributed by atoms with E-state index in [2.05, 4.69) is 20.3 Å². The van der Waals surface area contributed by atoms with Crippen molar-refractivity contribution in [1.82, 2.24) is 19.8 Å². The summed E-state index contributed by atoms with van der Waals surface area (Å²) in [6.07, 6.45) is 9.60. The fourth-order valence-electron chi connectivity index (χ4n) is 5.24. The molecule has 0 saturated carbocycles. The van der Waals surface area contributed by atoms with Crippen molar-refractivity contribution in [1.29, 1.82) is 0 Å². The average molecular weight is 554 g/mol. The van der Waals surface area contributed by atoms with Gasteiger partial charge in [0.25, 0.3) is 5.91 Å². The van der Waals surface area contributed by atoms with Crippen molar-refractivity contribution in [3.8, 4) is 0 Å². The van der Waals surface area contributed by atoms with E-state index in [1.54, 1.807) is 18.0 Å².